The van der Waals surface area contributed by atoms with Crippen molar-refractivity contribution in [2.24, 2.45) is 11.8 Å². The molecule has 1 aromatic rings. The van der Waals surface area contributed by atoms with Crippen molar-refractivity contribution in [1.82, 2.24) is 5.32 Å². The van der Waals surface area contributed by atoms with Gasteiger partial charge in [-0.25, -0.2) is 4.39 Å². The van der Waals surface area contributed by atoms with E-state index in [0.29, 0.717) is 24.4 Å². The van der Waals surface area contributed by atoms with E-state index in [2.05, 4.69) is 5.32 Å². The fourth-order valence-electron chi connectivity index (χ4n) is 2.97. The summed E-state index contributed by atoms with van der Waals surface area (Å²) in [4.78, 5) is 12.0. The van der Waals surface area contributed by atoms with Gasteiger partial charge in [0.1, 0.15) is 5.82 Å². The molecular weight excluding hydrogens is 269 g/mol. The summed E-state index contributed by atoms with van der Waals surface area (Å²) >= 11 is 0. The summed E-state index contributed by atoms with van der Waals surface area (Å²) in [5.74, 6) is -0.400. The minimum Gasteiger partial charge on any atom is -0.391 e. The Labute approximate surface area is 125 Å². The molecule has 0 radical (unpaired) electrons. The number of rotatable bonds is 6. The predicted molar refractivity (Wildman–Crippen MR) is 80.2 cm³/mol. The van der Waals surface area contributed by atoms with E-state index in [-0.39, 0.29) is 17.6 Å². The van der Waals surface area contributed by atoms with Crippen LogP contribution in [0.25, 0.3) is 0 Å². The van der Waals surface area contributed by atoms with Crippen LogP contribution in [0.1, 0.15) is 38.2 Å². The first-order valence-corrected chi connectivity index (χ1v) is 7.77. The molecule has 4 heteroatoms. The lowest BCUT2D eigenvalue weighted by atomic mass is 9.98. The van der Waals surface area contributed by atoms with Gasteiger partial charge in [0.05, 0.1) is 6.10 Å². The molecule has 2 atom stereocenters. The molecule has 0 saturated heterocycles. The number of hydrogen-bond acceptors (Lipinski definition) is 2. The van der Waals surface area contributed by atoms with Crippen molar-refractivity contribution in [2.75, 3.05) is 6.54 Å². The van der Waals surface area contributed by atoms with Crippen LogP contribution in [-0.4, -0.2) is 23.7 Å². The lowest BCUT2D eigenvalue weighted by molar-refractivity contribution is -0.125. The minimum atomic E-state index is -0.461. The first-order chi connectivity index (χ1) is 10.1. The standard InChI is InChI=1S/C17H24FNO2/c1-12(10-14-8-4-5-9-15(14)18)17(21)19-11-16(20)13-6-2-3-7-13/h4-5,8-9,12-13,16,20H,2-3,6-7,10-11H2,1H3,(H,19,21). The van der Waals surface area contributed by atoms with Crippen molar-refractivity contribution in [1.29, 1.82) is 0 Å². The van der Waals surface area contributed by atoms with Crippen LogP contribution in [0.5, 0.6) is 0 Å². The molecule has 0 bridgehead atoms. The van der Waals surface area contributed by atoms with E-state index in [1.807, 2.05) is 0 Å². The molecule has 1 amide bonds. The van der Waals surface area contributed by atoms with E-state index in [0.717, 1.165) is 12.8 Å². The molecular formula is C17H24FNO2. The van der Waals surface area contributed by atoms with Crippen molar-refractivity contribution in [3.05, 3.63) is 35.6 Å². The number of carbonyl (C=O) groups is 1. The minimum absolute atomic E-state index is 0.129. The molecule has 1 aliphatic rings. The molecule has 0 aromatic heterocycles. The summed E-state index contributed by atoms with van der Waals surface area (Å²) in [7, 11) is 0. The number of nitrogens with one attached hydrogen (secondary N) is 1. The number of aliphatic hydroxyl groups is 1. The second-order valence-electron chi connectivity index (χ2n) is 6.05. The van der Waals surface area contributed by atoms with Crippen molar-refractivity contribution in [3.63, 3.8) is 0 Å². The average molecular weight is 293 g/mol. The Kier molecular flexibility index (Phi) is 5.74. The Bertz CT molecular complexity index is 472. The number of hydrogen-bond donors (Lipinski definition) is 2. The van der Waals surface area contributed by atoms with Crippen LogP contribution in [-0.2, 0) is 11.2 Å². The molecule has 0 heterocycles. The van der Waals surface area contributed by atoms with Crippen molar-refractivity contribution in [2.45, 2.75) is 45.1 Å². The monoisotopic (exact) mass is 293 g/mol. The SMILES string of the molecule is CC(Cc1ccccc1F)C(=O)NCC(O)C1CCCC1. The number of benzene rings is 1. The van der Waals surface area contributed by atoms with Gasteiger partial charge < -0.3 is 10.4 Å². The third kappa shape index (κ3) is 4.53. The molecule has 1 aliphatic carbocycles. The summed E-state index contributed by atoms with van der Waals surface area (Å²) in [6.45, 7) is 2.08. The Morgan fingerprint density at radius 3 is 2.71 bits per heavy atom. The fraction of sp³-hybridized carbons (Fsp3) is 0.588. The molecule has 1 aromatic carbocycles. The van der Waals surface area contributed by atoms with Gasteiger partial charge in [-0.3, -0.25) is 4.79 Å². The van der Waals surface area contributed by atoms with Gasteiger partial charge in [0, 0.05) is 12.5 Å². The van der Waals surface area contributed by atoms with Crippen molar-refractivity contribution >= 4 is 5.91 Å². The fourth-order valence-corrected chi connectivity index (χ4v) is 2.97. The van der Waals surface area contributed by atoms with E-state index in [1.54, 1.807) is 25.1 Å². The Balaban J connectivity index is 1.78. The second-order valence-corrected chi connectivity index (χ2v) is 6.05. The number of aliphatic hydroxyl groups excluding tert-OH is 1. The van der Waals surface area contributed by atoms with Crippen LogP contribution in [0.4, 0.5) is 4.39 Å². The van der Waals surface area contributed by atoms with Gasteiger partial charge in [0.25, 0.3) is 0 Å². The highest BCUT2D eigenvalue weighted by atomic mass is 19.1. The molecule has 1 fully saturated rings. The van der Waals surface area contributed by atoms with Crippen LogP contribution in [0.3, 0.4) is 0 Å². The first kappa shape index (κ1) is 16.0. The van der Waals surface area contributed by atoms with Gasteiger partial charge in [-0.1, -0.05) is 38.0 Å². The van der Waals surface area contributed by atoms with E-state index < -0.39 is 6.10 Å². The average Bonchev–Trinajstić information content (AvgIpc) is 3.01. The van der Waals surface area contributed by atoms with Gasteiger partial charge in [0.15, 0.2) is 0 Å². The quantitative estimate of drug-likeness (QED) is 0.847. The summed E-state index contributed by atoms with van der Waals surface area (Å²) in [5, 5.41) is 12.8. The van der Waals surface area contributed by atoms with Crippen LogP contribution >= 0.6 is 0 Å². The largest absolute Gasteiger partial charge is 0.391 e. The third-order valence-electron chi connectivity index (χ3n) is 4.36. The van der Waals surface area contributed by atoms with Gasteiger partial charge in [0.2, 0.25) is 5.91 Å². The van der Waals surface area contributed by atoms with Crippen molar-refractivity contribution in [3.8, 4) is 0 Å². The molecule has 21 heavy (non-hydrogen) atoms. The highest BCUT2D eigenvalue weighted by Gasteiger charge is 2.24. The van der Waals surface area contributed by atoms with E-state index in [4.69, 9.17) is 0 Å². The van der Waals surface area contributed by atoms with E-state index >= 15 is 0 Å². The van der Waals surface area contributed by atoms with Gasteiger partial charge in [-0.05, 0) is 36.8 Å². The van der Waals surface area contributed by atoms with E-state index in [9.17, 15) is 14.3 Å². The molecule has 2 rings (SSSR count). The molecule has 2 N–H and O–H groups in total. The Morgan fingerprint density at radius 2 is 2.05 bits per heavy atom. The maximum Gasteiger partial charge on any atom is 0.223 e. The highest BCUT2D eigenvalue weighted by molar-refractivity contribution is 5.78. The van der Waals surface area contributed by atoms with Crippen LogP contribution < -0.4 is 5.32 Å². The number of amides is 1. The topological polar surface area (TPSA) is 49.3 Å². The smallest absolute Gasteiger partial charge is 0.223 e. The normalized spacial score (nSPS) is 18.4. The van der Waals surface area contributed by atoms with Gasteiger partial charge >= 0.3 is 0 Å². The van der Waals surface area contributed by atoms with Crippen LogP contribution in [0.2, 0.25) is 0 Å². The molecule has 116 valence electrons. The summed E-state index contributed by atoms with van der Waals surface area (Å²) in [6, 6.07) is 6.52. The third-order valence-corrected chi connectivity index (χ3v) is 4.36. The maximum absolute atomic E-state index is 13.6. The van der Waals surface area contributed by atoms with E-state index in [1.165, 1.54) is 18.9 Å². The molecule has 3 nitrogen and oxygen atoms in total. The molecule has 0 spiro atoms. The number of carbonyl (C=O) groups excluding carboxylic acids is 1. The molecule has 0 aliphatic heterocycles. The zero-order valence-corrected chi connectivity index (χ0v) is 12.5. The molecule has 1 saturated carbocycles. The Hall–Kier alpha value is -1.42. The van der Waals surface area contributed by atoms with Gasteiger partial charge in [-0.2, -0.15) is 0 Å². The first-order valence-electron chi connectivity index (χ1n) is 7.77. The predicted octanol–water partition coefficient (Wildman–Crippen LogP) is 2.67. The summed E-state index contributed by atoms with van der Waals surface area (Å²) in [5.41, 5.74) is 0.552. The lowest BCUT2D eigenvalue weighted by Gasteiger charge is -2.19. The molecule has 2 unspecified atom stereocenters. The van der Waals surface area contributed by atoms with Crippen LogP contribution in [0, 0.1) is 17.7 Å². The zero-order chi connectivity index (χ0) is 15.2. The van der Waals surface area contributed by atoms with Gasteiger partial charge in [-0.15, -0.1) is 0 Å². The summed E-state index contributed by atoms with van der Waals surface area (Å²) < 4.78 is 13.6. The second kappa shape index (κ2) is 7.55. The lowest BCUT2D eigenvalue weighted by Crippen LogP contribution is -2.38. The highest BCUT2D eigenvalue weighted by Crippen LogP contribution is 2.27. The zero-order valence-electron chi connectivity index (χ0n) is 12.5. The summed E-state index contributed by atoms with van der Waals surface area (Å²) in [6.07, 6.45) is 4.33. The Morgan fingerprint density at radius 1 is 1.38 bits per heavy atom. The van der Waals surface area contributed by atoms with Crippen molar-refractivity contribution < 1.29 is 14.3 Å². The van der Waals surface area contributed by atoms with Crippen LogP contribution in [0.15, 0.2) is 24.3 Å². The number of halogens is 1. The maximum atomic E-state index is 13.6.